The first kappa shape index (κ1) is 20.8. The van der Waals surface area contributed by atoms with E-state index in [1.807, 2.05) is 14.4 Å². The minimum absolute atomic E-state index is 0.0518. The molecule has 4 fully saturated rings. The number of carbonyl (C=O) groups is 1. The van der Waals surface area contributed by atoms with E-state index < -0.39 is 17.2 Å². The van der Waals surface area contributed by atoms with E-state index in [0.717, 1.165) is 32.2 Å². The highest BCUT2D eigenvalue weighted by Gasteiger charge is 2.42. The van der Waals surface area contributed by atoms with Gasteiger partial charge in [0.1, 0.15) is 11.3 Å². The van der Waals surface area contributed by atoms with Crippen LogP contribution in [0.15, 0.2) is 4.79 Å². The molecule has 1 aromatic heterocycles. The predicted molar refractivity (Wildman–Crippen MR) is 124 cm³/mol. The summed E-state index contributed by atoms with van der Waals surface area (Å²) in [7, 11) is 1.52. The summed E-state index contributed by atoms with van der Waals surface area (Å²) < 4.78 is 24.2. The molecule has 0 radical (unpaired) electrons. The average molecular weight is 457 g/mol. The predicted octanol–water partition coefficient (Wildman–Crippen LogP) is 2.68. The molecule has 2 saturated carbocycles. The molecule has 176 valence electrons. The molecule has 1 aromatic carbocycles. The molecule has 2 N–H and O–H groups in total. The highest BCUT2D eigenvalue weighted by atomic mass is 19.1. The number of piperazine rings is 1. The van der Waals surface area contributed by atoms with Gasteiger partial charge in [-0.05, 0) is 32.6 Å². The number of rotatable bonds is 6. The van der Waals surface area contributed by atoms with Gasteiger partial charge < -0.3 is 29.5 Å². The molecule has 8 nitrogen and oxygen atoms in total. The van der Waals surface area contributed by atoms with Gasteiger partial charge in [0.05, 0.1) is 23.7 Å². The summed E-state index contributed by atoms with van der Waals surface area (Å²) in [6.45, 7) is 5.32. The van der Waals surface area contributed by atoms with Crippen LogP contribution in [0.25, 0.3) is 10.9 Å². The van der Waals surface area contributed by atoms with Gasteiger partial charge >= 0.3 is 5.97 Å². The molecule has 1 unspecified atom stereocenters. The second-order valence-electron chi connectivity index (χ2n) is 9.83. The number of aromatic nitrogens is 1. The van der Waals surface area contributed by atoms with Crippen LogP contribution in [-0.2, 0) is 0 Å². The first-order valence-corrected chi connectivity index (χ1v) is 11.9. The Bertz CT molecular complexity index is 1230. The van der Waals surface area contributed by atoms with Crippen molar-refractivity contribution >= 4 is 28.2 Å². The van der Waals surface area contributed by atoms with Gasteiger partial charge in [0.15, 0.2) is 11.6 Å². The third-order valence-corrected chi connectivity index (χ3v) is 7.27. The third-order valence-electron chi connectivity index (χ3n) is 7.27. The second kappa shape index (κ2) is 7.35. The highest BCUT2D eigenvalue weighted by Crippen LogP contribution is 2.52. The summed E-state index contributed by atoms with van der Waals surface area (Å²) in [4.78, 5) is 29.9. The third kappa shape index (κ3) is 3.19. The number of nitrogens with zero attached hydrogens (tertiary/aromatic N) is 3. The summed E-state index contributed by atoms with van der Waals surface area (Å²) in [5.41, 5.74) is 1.01. The van der Waals surface area contributed by atoms with Crippen molar-refractivity contribution in [3.05, 3.63) is 27.3 Å². The fourth-order valence-corrected chi connectivity index (χ4v) is 5.44. The maximum Gasteiger partial charge on any atom is 0.341 e. The molecule has 1 atom stereocenters. The average Bonchev–Trinajstić information content (AvgIpc) is 3.62. The van der Waals surface area contributed by atoms with Crippen molar-refractivity contribution < 1.29 is 19.0 Å². The van der Waals surface area contributed by atoms with Gasteiger partial charge in [-0.2, -0.15) is 0 Å². The van der Waals surface area contributed by atoms with Gasteiger partial charge in [-0.25, -0.2) is 9.18 Å². The minimum Gasteiger partial charge on any atom is -0.492 e. The van der Waals surface area contributed by atoms with Gasteiger partial charge in [0, 0.05) is 56.4 Å². The van der Waals surface area contributed by atoms with Crippen molar-refractivity contribution in [2.24, 2.45) is 0 Å². The molecular weight excluding hydrogens is 427 g/mol. The number of pyridine rings is 1. The molecule has 0 amide bonds. The molecular formula is C24H29FN4O4. The Morgan fingerprint density at radius 3 is 2.39 bits per heavy atom. The lowest BCUT2D eigenvalue weighted by molar-refractivity contribution is 0.0693. The van der Waals surface area contributed by atoms with Crippen LogP contribution in [0.2, 0.25) is 0 Å². The molecule has 2 aliphatic heterocycles. The quantitative estimate of drug-likeness (QED) is 0.647. The van der Waals surface area contributed by atoms with Crippen molar-refractivity contribution in [2.45, 2.75) is 50.6 Å². The molecule has 33 heavy (non-hydrogen) atoms. The Hall–Kier alpha value is -2.81. The van der Waals surface area contributed by atoms with Crippen molar-refractivity contribution in [2.75, 3.05) is 49.6 Å². The van der Waals surface area contributed by atoms with Crippen molar-refractivity contribution in [3.8, 4) is 5.75 Å². The van der Waals surface area contributed by atoms with Crippen LogP contribution in [0.4, 0.5) is 15.8 Å². The van der Waals surface area contributed by atoms with E-state index in [2.05, 4.69) is 12.2 Å². The van der Waals surface area contributed by atoms with Gasteiger partial charge in [0.2, 0.25) is 5.43 Å². The van der Waals surface area contributed by atoms with Crippen molar-refractivity contribution in [1.82, 2.24) is 9.88 Å². The number of aromatic carboxylic acids is 1. The zero-order valence-electron chi connectivity index (χ0n) is 19.0. The molecule has 2 aliphatic carbocycles. The standard InChI is InChI=1S/C24H29FN4O4/c1-12-11-28(8-7-26-12)21-17(25)19(27-9-10-27)15-20(23(21)33-2)29(14-5-6-14)18(13-3-4-13)16(22(15)30)24(31)32/h12-14,26H,3-11H2,1-2H3,(H,31,32). The van der Waals surface area contributed by atoms with Gasteiger partial charge in [-0.15, -0.1) is 0 Å². The zero-order valence-corrected chi connectivity index (χ0v) is 19.0. The zero-order chi connectivity index (χ0) is 23.0. The first-order valence-electron chi connectivity index (χ1n) is 11.9. The minimum atomic E-state index is -1.23. The summed E-state index contributed by atoms with van der Waals surface area (Å²) in [5.74, 6) is -1.31. The molecule has 2 saturated heterocycles. The summed E-state index contributed by atoms with van der Waals surface area (Å²) >= 11 is 0. The number of hydrogen-bond acceptors (Lipinski definition) is 6. The maximum absolute atomic E-state index is 16.3. The molecule has 9 heteroatoms. The number of carboxylic acids is 1. The Morgan fingerprint density at radius 2 is 1.85 bits per heavy atom. The lowest BCUT2D eigenvalue weighted by atomic mass is 10.00. The highest BCUT2D eigenvalue weighted by molar-refractivity contribution is 6.05. The molecule has 0 bridgehead atoms. The normalized spacial score (nSPS) is 22.7. The van der Waals surface area contributed by atoms with Gasteiger partial charge in [0.25, 0.3) is 0 Å². The van der Waals surface area contributed by atoms with Crippen LogP contribution in [0.5, 0.6) is 5.75 Å². The van der Waals surface area contributed by atoms with Crippen LogP contribution in [0, 0.1) is 5.82 Å². The smallest absolute Gasteiger partial charge is 0.341 e. The van der Waals surface area contributed by atoms with E-state index >= 15 is 4.39 Å². The SMILES string of the molecule is COc1c(N2CCNC(C)C2)c(F)c(N2CC2)c2c(=O)c(C(=O)O)c(C3CC3)n(C3CC3)c12. The van der Waals surface area contributed by atoms with E-state index in [0.29, 0.717) is 48.8 Å². The largest absolute Gasteiger partial charge is 0.492 e. The molecule has 3 heterocycles. The number of methoxy groups -OCH3 is 1. The van der Waals surface area contributed by atoms with E-state index in [1.165, 1.54) is 7.11 Å². The van der Waals surface area contributed by atoms with Crippen LogP contribution >= 0.6 is 0 Å². The Morgan fingerprint density at radius 1 is 1.12 bits per heavy atom. The number of benzene rings is 1. The summed E-state index contributed by atoms with van der Waals surface area (Å²) in [6, 6.07) is 0.295. The fraction of sp³-hybridized carbons (Fsp3) is 0.583. The van der Waals surface area contributed by atoms with E-state index in [4.69, 9.17) is 4.74 Å². The van der Waals surface area contributed by atoms with Gasteiger partial charge in [-0.3, -0.25) is 4.79 Å². The Labute approximate surface area is 190 Å². The van der Waals surface area contributed by atoms with Gasteiger partial charge in [-0.1, -0.05) is 0 Å². The van der Waals surface area contributed by atoms with Crippen LogP contribution < -0.4 is 25.3 Å². The molecule has 0 spiro atoms. The van der Waals surface area contributed by atoms with E-state index in [9.17, 15) is 14.7 Å². The fourth-order valence-electron chi connectivity index (χ4n) is 5.44. The first-order chi connectivity index (χ1) is 15.9. The number of anilines is 2. The van der Waals surface area contributed by atoms with Crippen LogP contribution in [0.1, 0.15) is 60.6 Å². The number of halogens is 1. The molecule has 6 rings (SSSR count). The van der Waals surface area contributed by atoms with E-state index in [1.54, 1.807) is 0 Å². The van der Waals surface area contributed by atoms with Crippen LogP contribution in [0.3, 0.4) is 0 Å². The van der Waals surface area contributed by atoms with Crippen molar-refractivity contribution in [1.29, 1.82) is 0 Å². The number of carboxylic acid groups (broad SMARTS) is 1. The van der Waals surface area contributed by atoms with E-state index in [-0.39, 0.29) is 34.6 Å². The number of hydrogen-bond donors (Lipinski definition) is 2. The Kier molecular flexibility index (Phi) is 4.62. The molecule has 4 aliphatic rings. The Balaban J connectivity index is 1.77. The second-order valence-corrected chi connectivity index (χ2v) is 9.83. The summed E-state index contributed by atoms with van der Waals surface area (Å²) in [5, 5.41) is 13.6. The lowest BCUT2D eigenvalue weighted by Gasteiger charge is -2.36. The number of nitrogens with one attached hydrogen (secondary N) is 1. The van der Waals surface area contributed by atoms with Crippen molar-refractivity contribution in [3.63, 3.8) is 0 Å². The summed E-state index contributed by atoms with van der Waals surface area (Å²) in [6.07, 6.45) is 3.55. The lowest BCUT2D eigenvalue weighted by Crippen LogP contribution is -2.49. The van der Waals surface area contributed by atoms with Crippen LogP contribution in [-0.4, -0.2) is 61.5 Å². The molecule has 2 aromatic rings. The maximum atomic E-state index is 16.3. The monoisotopic (exact) mass is 456 g/mol. The number of ether oxygens (including phenoxy) is 1. The number of fused-ring (bicyclic) bond motifs is 1. The topological polar surface area (TPSA) is 86.8 Å².